The summed E-state index contributed by atoms with van der Waals surface area (Å²) in [5.41, 5.74) is 6.65. The van der Waals surface area contributed by atoms with E-state index in [-0.39, 0.29) is 0 Å². The van der Waals surface area contributed by atoms with E-state index in [0.29, 0.717) is 34.9 Å². The number of para-hydroxylation sites is 2. The number of nitrogens with one attached hydrogen (secondary N) is 1. The van der Waals surface area contributed by atoms with E-state index in [9.17, 15) is 0 Å². The van der Waals surface area contributed by atoms with Crippen LogP contribution in [0.4, 0.5) is 11.5 Å². The molecule has 0 radical (unpaired) electrons. The predicted molar refractivity (Wildman–Crippen MR) is 94.6 cm³/mol. The Kier molecular flexibility index (Phi) is 5.36. The zero-order chi connectivity index (χ0) is 16.8. The summed E-state index contributed by atoms with van der Waals surface area (Å²) in [7, 11) is 1.60. The minimum Gasteiger partial charge on any atom is -0.493 e. The number of methoxy groups -OCH3 is 1. The number of nitrogen functional groups attached to an aromatic ring is 1. The van der Waals surface area contributed by atoms with Gasteiger partial charge in [-0.2, -0.15) is 4.98 Å². The van der Waals surface area contributed by atoms with Crippen LogP contribution < -0.4 is 20.5 Å². The fourth-order valence-electron chi connectivity index (χ4n) is 3.00. The zero-order valence-corrected chi connectivity index (χ0v) is 14.0. The van der Waals surface area contributed by atoms with Gasteiger partial charge in [-0.15, -0.1) is 0 Å². The van der Waals surface area contributed by atoms with Crippen LogP contribution in [0.15, 0.2) is 30.6 Å². The summed E-state index contributed by atoms with van der Waals surface area (Å²) in [6.07, 6.45) is 8.86. The van der Waals surface area contributed by atoms with Gasteiger partial charge in [-0.1, -0.05) is 37.8 Å². The first-order chi connectivity index (χ1) is 11.8. The minimum atomic E-state index is 0.339. The van der Waals surface area contributed by atoms with Crippen LogP contribution in [0.3, 0.4) is 0 Å². The van der Waals surface area contributed by atoms with E-state index >= 15 is 0 Å². The molecule has 0 atom stereocenters. The quantitative estimate of drug-likeness (QED) is 0.807. The lowest BCUT2D eigenvalue weighted by molar-refractivity contribution is 0.374. The molecule has 1 heterocycles. The van der Waals surface area contributed by atoms with Gasteiger partial charge < -0.3 is 20.5 Å². The number of rotatable bonds is 5. The molecule has 128 valence electrons. The first-order valence-corrected chi connectivity index (χ1v) is 8.46. The van der Waals surface area contributed by atoms with Crippen molar-refractivity contribution in [3.05, 3.63) is 30.6 Å². The van der Waals surface area contributed by atoms with Gasteiger partial charge in [-0.3, -0.25) is 0 Å². The molecule has 3 rings (SSSR count). The molecule has 1 aliphatic rings. The standard InChI is InChI=1S/C18H24N4O2/c1-23-14-10-6-7-11-15(14)24-18-16(19)17(20-12-21-18)22-13-8-4-2-3-5-9-13/h6-7,10-13H,2-5,8-9,19H2,1H3,(H,20,21,22). The van der Waals surface area contributed by atoms with Crippen LogP contribution in [0.2, 0.25) is 0 Å². The van der Waals surface area contributed by atoms with Crippen LogP contribution in [0, 0.1) is 0 Å². The number of ether oxygens (including phenoxy) is 2. The predicted octanol–water partition coefficient (Wildman–Crippen LogP) is 3.99. The first kappa shape index (κ1) is 16.4. The maximum atomic E-state index is 6.23. The highest BCUT2D eigenvalue weighted by molar-refractivity contribution is 5.67. The lowest BCUT2D eigenvalue weighted by Crippen LogP contribution is -2.20. The Morgan fingerprint density at radius 1 is 1.04 bits per heavy atom. The monoisotopic (exact) mass is 328 g/mol. The molecule has 6 nitrogen and oxygen atoms in total. The van der Waals surface area contributed by atoms with Crippen molar-refractivity contribution < 1.29 is 9.47 Å². The molecule has 1 aliphatic carbocycles. The summed E-state index contributed by atoms with van der Waals surface area (Å²) in [5, 5.41) is 3.46. The third-order valence-electron chi connectivity index (χ3n) is 4.32. The number of benzene rings is 1. The molecule has 1 saturated carbocycles. The van der Waals surface area contributed by atoms with Crippen LogP contribution >= 0.6 is 0 Å². The number of hydrogen-bond acceptors (Lipinski definition) is 6. The molecule has 6 heteroatoms. The summed E-state index contributed by atoms with van der Waals surface area (Å²) in [6, 6.07) is 7.81. The number of aromatic nitrogens is 2. The van der Waals surface area contributed by atoms with Crippen molar-refractivity contribution >= 4 is 11.5 Å². The lowest BCUT2D eigenvalue weighted by atomic mass is 10.1. The van der Waals surface area contributed by atoms with Crippen LogP contribution in [0.5, 0.6) is 17.4 Å². The van der Waals surface area contributed by atoms with Crippen molar-refractivity contribution in [2.24, 2.45) is 0 Å². The molecule has 0 saturated heterocycles. The summed E-state index contributed by atoms with van der Waals surface area (Å²) in [5.74, 6) is 2.19. The van der Waals surface area contributed by atoms with Crippen molar-refractivity contribution in [1.29, 1.82) is 0 Å². The fourth-order valence-corrected chi connectivity index (χ4v) is 3.00. The van der Waals surface area contributed by atoms with Crippen molar-refractivity contribution in [1.82, 2.24) is 9.97 Å². The van der Waals surface area contributed by atoms with Gasteiger partial charge in [0.05, 0.1) is 7.11 Å². The average Bonchev–Trinajstić information content (AvgIpc) is 2.87. The number of nitrogens with two attached hydrogens (primary N) is 1. The fraction of sp³-hybridized carbons (Fsp3) is 0.444. The van der Waals surface area contributed by atoms with Crippen LogP contribution in [0.25, 0.3) is 0 Å². The second-order valence-corrected chi connectivity index (χ2v) is 6.03. The highest BCUT2D eigenvalue weighted by atomic mass is 16.5. The summed E-state index contributed by atoms with van der Waals surface area (Å²) in [6.45, 7) is 0. The lowest BCUT2D eigenvalue weighted by Gasteiger charge is -2.19. The summed E-state index contributed by atoms with van der Waals surface area (Å²) >= 11 is 0. The second-order valence-electron chi connectivity index (χ2n) is 6.03. The maximum Gasteiger partial charge on any atom is 0.248 e. The second kappa shape index (κ2) is 7.86. The Morgan fingerprint density at radius 3 is 2.46 bits per heavy atom. The molecule has 3 N–H and O–H groups in total. The Hall–Kier alpha value is -2.50. The molecule has 0 bridgehead atoms. The van der Waals surface area contributed by atoms with Gasteiger partial charge in [-0.05, 0) is 25.0 Å². The first-order valence-electron chi connectivity index (χ1n) is 8.46. The van der Waals surface area contributed by atoms with Gasteiger partial charge in [0, 0.05) is 6.04 Å². The van der Waals surface area contributed by atoms with E-state index in [0.717, 1.165) is 12.8 Å². The highest BCUT2D eigenvalue weighted by Crippen LogP contribution is 2.35. The SMILES string of the molecule is COc1ccccc1Oc1ncnc(NC2CCCCCC2)c1N. The molecule has 24 heavy (non-hydrogen) atoms. The van der Waals surface area contributed by atoms with Gasteiger partial charge >= 0.3 is 0 Å². The maximum absolute atomic E-state index is 6.23. The highest BCUT2D eigenvalue weighted by Gasteiger charge is 2.17. The molecular formula is C18H24N4O2. The largest absolute Gasteiger partial charge is 0.493 e. The summed E-state index contributed by atoms with van der Waals surface area (Å²) in [4.78, 5) is 8.46. The Morgan fingerprint density at radius 2 is 1.75 bits per heavy atom. The molecule has 0 unspecified atom stereocenters. The normalized spacial score (nSPS) is 15.5. The molecule has 0 aliphatic heterocycles. The van der Waals surface area contributed by atoms with Gasteiger partial charge in [0.1, 0.15) is 12.0 Å². The third-order valence-corrected chi connectivity index (χ3v) is 4.32. The molecule has 1 fully saturated rings. The molecule has 0 spiro atoms. The minimum absolute atomic E-state index is 0.339. The molecule has 0 amide bonds. The molecule has 1 aromatic carbocycles. The van der Waals surface area contributed by atoms with E-state index in [1.54, 1.807) is 7.11 Å². The van der Waals surface area contributed by atoms with E-state index in [1.165, 1.54) is 32.0 Å². The van der Waals surface area contributed by atoms with Gasteiger partial charge in [-0.25, -0.2) is 4.98 Å². The number of hydrogen-bond donors (Lipinski definition) is 2. The van der Waals surface area contributed by atoms with E-state index in [4.69, 9.17) is 15.2 Å². The number of anilines is 2. The van der Waals surface area contributed by atoms with Gasteiger partial charge in [0.25, 0.3) is 0 Å². The average molecular weight is 328 g/mol. The van der Waals surface area contributed by atoms with E-state index in [1.807, 2.05) is 24.3 Å². The third kappa shape index (κ3) is 3.88. The van der Waals surface area contributed by atoms with E-state index in [2.05, 4.69) is 15.3 Å². The van der Waals surface area contributed by atoms with Crippen molar-refractivity contribution in [2.75, 3.05) is 18.2 Å². The molecule has 1 aromatic heterocycles. The van der Waals surface area contributed by atoms with Gasteiger partial charge in [0.15, 0.2) is 17.3 Å². The number of nitrogens with zero attached hydrogens (tertiary/aromatic N) is 2. The van der Waals surface area contributed by atoms with Crippen molar-refractivity contribution in [3.63, 3.8) is 0 Å². The van der Waals surface area contributed by atoms with Crippen LogP contribution in [0.1, 0.15) is 38.5 Å². The Labute approximate surface area is 142 Å². The molecular weight excluding hydrogens is 304 g/mol. The Bertz CT molecular complexity index is 670. The van der Waals surface area contributed by atoms with Crippen LogP contribution in [-0.4, -0.2) is 23.1 Å². The smallest absolute Gasteiger partial charge is 0.248 e. The summed E-state index contributed by atoms with van der Waals surface area (Å²) < 4.78 is 11.1. The zero-order valence-electron chi connectivity index (χ0n) is 14.0. The topological polar surface area (TPSA) is 82.3 Å². The molecule has 2 aromatic rings. The van der Waals surface area contributed by atoms with Crippen LogP contribution in [-0.2, 0) is 0 Å². The van der Waals surface area contributed by atoms with Crippen molar-refractivity contribution in [3.8, 4) is 17.4 Å². The van der Waals surface area contributed by atoms with Gasteiger partial charge in [0.2, 0.25) is 5.88 Å². The Balaban J connectivity index is 1.77. The van der Waals surface area contributed by atoms with Crippen molar-refractivity contribution in [2.45, 2.75) is 44.6 Å². The van der Waals surface area contributed by atoms with E-state index < -0.39 is 0 Å².